The van der Waals surface area contributed by atoms with Crippen LogP contribution in [0.1, 0.15) is 197 Å². The van der Waals surface area contributed by atoms with Crippen LogP contribution in [0.2, 0.25) is 0 Å². The fraction of sp³-hybridized carbons (Fsp3) is 0.638. The molecule has 8 heteroatoms. The highest BCUT2D eigenvalue weighted by atomic mass is 32.1. The molecule has 0 saturated heterocycles. The maximum atomic E-state index is 11.6. The van der Waals surface area contributed by atoms with Gasteiger partial charge in [0.2, 0.25) is 0 Å². The third-order valence-corrected chi connectivity index (χ3v) is 13.9. The van der Waals surface area contributed by atoms with Crippen molar-refractivity contribution >= 4 is 34.2 Å². The Bertz CT molecular complexity index is 1940. The highest BCUT2D eigenvalue weighted by Gasteiger charge is 2.27. The second-order valence-corrected chi connectivity index (χ2v) is 22.5. The zero-order chi connectivity index (χ0) is 40.5. The van der Waals surface area contributed by atoms with Crippen molar-refractivity contribution in [1.82, 2.24) is 19.7 Å². The lowest BCUT2D eigenvalue weighted by Gasteiger charge is -2.19. The molecule has 0 radical (unpaired) electrons. The SMILES string of the molecule is CC(C)(C)c1cc2n(n1)CCCC2=O.CC(C)(C)c1ccc2c(c1)C(=O)CC2.CC(C)(C)c1nc2c(s1)CCCC2.CC1CCc2nc(C(C)(C)C)sc2C1. The standard InChI is InChI=1S/C13H16O.C12H19NS.C11H16N2O.C11H17NS/c1-13(2,3)10-6-4-9-5-7-12(14)11(9)8-10;1-8-5-6-9-10(7-8)14-11(13-9)12(2,3)4;1-11(2,3)10-7-8-9(14)5-4-6-13(8)12-10;1-11(2,3)10-12-8-6-4-5-7-9(8)13-10/h4,6,8H,5,7H2,1-3H3;8H,5-7H2,1-4H3;7H,4-6H2,1-3H3;4-7H2,1-3H3. The Morgan fingerprint density at radius 3 is 1.84 bits per heavy atom. The van der Waals surface area contributed by atoms with Gasteiger partial charge in [-0.2, -0.15) is 5.10 Å². The Morgan fingerprint density at radius 1 is 0.636 bits per heavy atom. The summed E-state index contributed by atoms with van der Waals surface area (Å²) in [6, 6.07) is 8.28. The molecule has 1 unspecified atom stereocenters. The van der Waals surface area contributed by atoms with Gasteiger partial charge in [0.05, 0.1) is 27.1 Å². The lowest BCUT2D eigenvalue weighted by molar-refractivity contribution is 0.0950. The third-order valence-electron chi connectivity index (χ3n) is 10.8. The zero-order valence-electron chi connectivity index (χ0n) is 36.3. The monoisotopic (exact) mass is 784 g/mol. The lowest BCUT2D eigenvalue weighted by atomic mass is 9.85. The first-order valence-electron chi connectivity index (χ1n) is 20.8. The van der Waals surface area contributed by atoms with E-state index in [1.807, 2.05) is 33.4 Å². The van der Waals surface area contributed by atoms with Crippen LogP contribution >= 0.6 is 22.7 Å². The number of hydrogen-bond acceptors (Lipinski definition) is 7. The van der Waals surface area contributed by atoms with Gasteiger partial charge >= 0.3 is 0 Å². The van der Waals surface area contributed by atoms with Crippen molar-refractivity contribution in [3.8, 4) is 0 Å². The van der Waals surface area contributed by atoms with E-state index < -0.39 is 0 Å². The first-order chi connectivity index (χ1) is 25.5. The molecular formula is C47H68N4O2S2. The number of aromatic nitrogens is 4. The first-order valence-corrected chi connectivity index (χ1v) is 22.4. The Kier molecular flexibility index (Phi) is 13.2. The van der Waals surface area contributed by atoms with Crippen LogP contribution in [0.15, 0.2) is 24.3 Å². The van der Waals surface area contributed by atoms with E-state index in [0.717, 1.165) is 42.3 Å². The fourth-order valence-corrected chi connectivity index (χ4v) is 9.67. The van der Waals surface area contributed by atoms with Crippen LogP contribution in [-0.4, -0.2) is 31.3 Å². The number of nitrogens with zero attached hydrogens (tertiary/aromatic N) is 4. The summed E-state index contributed by atoms with van der Waals surface area (Å²) in [4.78, 5) is 35.7. The molecular weight excluding hydrogens is 717 g/mol. The second-order valence-electron chi connectivity index (χ2n) is 20.3. The molecule has 300 valence electrons. The van der Waals surface area contributed by atoms with Crippen molar-refractivity contribution in [2.24, 2.45) is 5.92 Å². The van der Waals surface area contributed by atoms with Crippen LogP contribution in [0.5, 0.6) is 0 Å². The summed E-state index contributed by atoms with van der Waals surface area (Å²) in [6.07, 6.45) is 12.2. The van der Waals surface area contributed by atoms with Gasteiger partial charge in [-0.3, -0.25) is 14.3 Å². The molecule has 4 aliphatic rings. The van der Waals surface area contributed by atoms with Crippen molar-refractivity contribution < 1.29 is 9.59 Å². The van der Waals surface area contributed by atoms with E-state index in [4.69, 9.17) is 9.97 Å². The molecule has 0 spiro atoms. The number of aryl methyl sites for hydroxylation is 5. The molecule has 4 heterocycles. The number of fused-ring (bicyclic) bond motifs is 4. The predicted molar refractivity (Wildman–Crippen MR) is 232 cm³/mol. The summed E-state index contributed by atoms with van der Waals surface area (Å²) >= 11 is 3.87. The van der Waals surface area contributed by atoms with E-state index in [0.29, 0.717) is 18.6 Å². The molecule has 1 atom stereocenters. The van der Waals surface area contributed by atoms with Crippen LogP contribution in [0, 0.1) is 5.92 Å². The number of hydrogen-bond donors (Lipinski definition) is 0. The molecule has 0 fully saturated rings. The van der Waals surface area contributed by atoms with Crippen molar-refractivity contribution in [2.75, 3.05) is 0 Å². The van der Waals surface area contributed by atoms with Crippen LogP contribution < -0.4 is 0 Å². The minimum absolute atomic E-state index is 0.0324. The van der Waals surface area contributed by atoms with Crippen molar-refractivity contribution in [3.63, 3.8) is 0 Å². The number of benzene rings is 1. The first kappa shape index (κ1) is 43.2. The minimum Gasteiger partial charge on any atom is -0.294 e. The Labute approximate surface area is 340 Å². The normalized spacial score (nSPS) is 18.0. The quantitative estimate of drug-likeness (QED) is 0.177. The van der Waals surface area contributed by atoms with E-state index in [1.54, 1.807) is 9.75 Å². The molecule has 0 saturated carbocycles. The molecule has 1 aromatic carbocycles. The van der Waals surface area contributed by atoms with Gasteiger partial charge in [0.25, 0.3) is 0 Å². The van der Waals surface area contributed by atoms with Gasteiger partial charge in [0, 0.05) is 50.9 Å². The second kappa shape index (κ2) is 16.9. The molecule has 6 nitrogen and oxygen atoms in total. The number of carbonyl (C=O) groups is 2. The number of Topliss-reactive ketones (excluding diaryl/α,β-unsaturated/α-hetero) is 2. The zero-order valence-corrected chi connectivity index (χ0v) is 37.9. The van der Waals surface area contributed by atoms with Crippen molar-refractivity contribution in [3.05, 3.63) is 83.5 Å². The van der Waals surface area contributed by atoms with Crippen molar-refractivity contribution in [1.29, 1.82) is 0 Å². The van der Waals surface area contributed by atoms with Gasteiger partial charge < -0.3 is 0 Å². The van der Waals surface area contributed by atoms with E-state index in [2.05, 4.69) is 113 Å². The smallest absolute Gasteiger partial charge is 0.180 e. The molecule has 0 bridgehead atoms. The molecule has 1 aliphatic heterocycles. The largest absolute Gasteiger partial charge is 0.294 e. The van der Waals surface area contributed by atoms with Crippen LogP contribution in [0.25, 0.3) is 0 Å². The van der Waals surface area contributed by atoms with Gasteiger partial charge in [-0.05, 0) is 92.4 Å². The Hall–Kier alpha value is -2.97. The third kappa shape index (κ3) is 11.1. The maximum absolute atomic E-state index is 11.6. The number of thiazole rings is 2. The summed E-state index contributed by atoms with van der Waals surface area (Å²) < 4.78 is 1.85. The average Bonchev–Trinajstić information content (AvgIpc) is 3.89. The van der Waals surface area contributed by atoms with Crippen LogP contribution in [0.3, 0.4) is 0 Å². The molecule has 3 aromatic heterocycles. The maximum Gasteiger partial charge on any atom is 0.180 e. The summed E-state index contributed by atoms with van der Waals surface area (Å²) in [6.45, 7) is 29.6. The Morgan fingerprint density at radius 2 is 1.25 bits per heavy atom. The molecule has 0 amide bonds. The van der Waals surface area contributed by atoms with Gasteiger partial charge in [-0.1, -0.05) is 102 Å². The van der Waals surface area contributed by atoms with Gasteiger partial charge in [0.1, 0.15) is 5.69 Å². The number of rotatable bonds is 0. The summed E-state index contributed by atoms with van der Waals surface area (Å²) in [5.74, 6) is 1.40. The van der Waals surface area contributed by atoms with E-state index in [1.165, 1.54) is 77.5 Å². The Balaban J connectivity index is 0.000000141. The predicted octanol–water partition coefficient (Wildman–Crippen LogP) is 12.2. The lowest BCUT2D eigenvalue weighted by Crippen LogP contribution is -2.17. The molecule has 4 aromatic rings. The van der Waals surface area contributed by atoms with Crippen LogP contribution in [0.4, 0.5) is 0 Å². The van der Waals surface area contributed by atoms with Crippen LogP contribution in [-0.2, 0) is 60.3 Å². The number of ketones is 2. The summed E-state index contributed by atoms with van der Waals surface area (Å²) in [5.41, 5.74) is 8.66. The van der Waals surface area contributed by atoms with E-state index >= 15 is 0 Å². The highest BCUT2D eigenvalue weighted by Crippen LogP contribution is 2.36. The summed E-state index contributed by atoms with van der Waals surface area (Å²) in [5, 5.41) is 7.10. The molecule has 8 rings (SSSR count). The molecule has 55 heavy (non-hydrogen) atoms. The van der Waals surface area contributed by atoms with E-state index in [-0.39, 0.29) is 27.4 Å². The van der Waals surface area contributed by atoms with Gasteiger partial charge in [-0.15, -0.1) is 22.7 Å². The van der Waals surface area contributed by atoms with Gasteiger partial charge in [-0.25, -0.2) is 9.97 Å². The summed E-state index contributed by atoms with van der Waals surface area (Å²) in [7, 11) is 0. The van der Waals surface area contributed by atoms with Gasteiger partial charge in [0.15, 0.2) is 11.6 Å². The fourth-order valence-electron chi connectivity index (χ4n) is 7.13. The number of carbonyl (C=O) groups excluding carboxylic acids is 2. The van der Waals surface area contributed by atoms with Crippen molar-refractivity contribution in [2.45, 2.75) is 189 Å². The molecule has 0 N–H and O–H groups in total. The average molecular weight is 785 g/mol. The highest BCUT2D eigenvalue weighted by molar-refractivity contribution is 7.12. The molecule has 3 aliphatic carbocycles. The topological polar surface area (TPSA) is 77.7 Å². The van der Waals surface area contributed by atoms with E-state index in [9.17, 15) is 9.59 Å². The minimum atomic E-state index is 0.0324.